The maximum atomic E-state index is 5.36. The van der Waals surface area contributed by atoms with Crippen LogP contribution in [0.5, 0.6) is 0 Å². The number of para-hydroxylation sites is 1. The first-order valence-corrected chi connectivity index (χ1v) is 7.21. The largest absolute Gasteiger partial charge is 0.331 e. The van der Waals surface area contributed by atoms with E-state index in [0.29, 0.717) is 0 Å². The van der Waals surface area contributed by atoms with Gasteiger partial charge in [-0.2, -0.15) is 11.8 Å². The number of rotatable bonds is 4. The molecule has 0 unspecified atom stereocenters. The summed E-state index contributed by atoms with van der Waals surface area (Å²) in [5.74, 6) is 1.18. The molecule has 1 aromatic carbocycles. The Morgan fingerprint density at radius 2 is 2.25 bits per heavy atom. The molecule has 0 atom stereocenters. The van der Waals surface area contributed by atoms with Gasteiger partial charge in [0.1, 0.15) is 0 Å². The highest BCUT2D eigenvalue weighted by molar-refractivity contribution is 7.98. The van der Waals surface area contributed by atoms with Gasteiger partial charge in [-0.05, 0) is 49.2 Å². The Balaban J connectivity index is 2.43. The number of aromatic amines is 1. The first kappa shape index (κ1) is 11.7. The summed E-state index contributed by atoms with van der Waals surface area (Å²) >= 11 is 7.24. The number of aryl methyl sites for hydroxylation is 2. The molecule has 86 valence electrons. The fraction of sp³-hybridized carbons (Fsp3) is 0.417. The van der Waals surface area contributed by atoms with Crippen molar-refractivity contribution in [1.29, 1.82) is 0 Å². The van der Waals surface area contributed by atoms with Crippen molar-refractivity contribution >= 4 is 35.0 Å². The molecule has 2 rings (SSSR count). The SMILES string of the molecule is CSCCCn1c(=S)[nH]c2cccc(C)c21. The summed E-state index contributed by atoms with van der Waals surface area (Å²) in [4.78, 5) is 3.27. The number of hydrogen-bond acceptors (Lipinski definition) is 2. The predicted molar refractivity (Wildman–Crippen MR) is 74.9 cm³/mol. The average Bonchev–Trinajstić information content (AvgIpc) is 2.57. The van der Waals surface area contributed by atoms with Crippen molar-refractivity contribution in [2.45, 2.75) is 19.9 Å². The number of thioether (sulfide) groups is 1. The molecule has 1 heterocycles. The molecule has 4 heteroatoms. The monoisotopic (exact) mass is 252 g/mol. The molecule has 0 fully saturated rings. The van der Waals surface area contributed by atoms with E-state index in [2.05, 4.69) is 40.9 Å². The Labute approximate surface area is 105 Å². The maximum Gasteiger partial charge on any atom is 0.178 e. The van der Waals surface area contributed by atoms with Crippen LogP contribution in [-0.2, 0) is 6.54 Å². The predicted octanol–water partition coefficient (Wildman–Crippen LogP) is 3.76. The van der Waals surface area contributed by atoms with E-state index in [1.54, 1.807) is 0 Å². The second-order valence-electron chi connectivity index (χ2n) is 3.90. The number of imidazole rings is 1. The van der Waals surface area contributed by atoms with Gasteiger partial charge >= 0.3 is 0 Å². The van der Waals surface area contributed by atoms with Crippen LogP contribution in [0.15, 0.2) is 18.2 Å². The van der Waals surface area contributed by atoms with Gasteiger partial charge < -0.3 is 9.55 Å². The molecule has 0 amide bonds. The molecule has 2 nitrogen and oxygen atoms in total. The van der Waals surface area contributed by atoms with E-state index in [4.69, 9.17) is 12.2 Å². The van der Waals surface area contributed by atoms with E-state index in [0.717, 1.165) is 23.3 Å². The number of benzene rings is 1. The van der Waals surface area contributed by atoms with Gasteiger partial charge in [-0.15, -0.1) is 0 Å². The van der Waals surface area contributed by atoms with Crippen LogP contribution in [0.2, 0.25) is 0 Å². The summed E-state index contributed by atoms with van der Waals surface area (Å²) in [7, 11) is 0. The highest BCUT2D eigenvalue weighted by Crippen LogP contribution is 2.18. The fourth-order valence-electron chi connectivity index (χ4n) is 1.98. The number of H-pyrrole nitrogens is 1. The molecular weight excluding hydrogens is 236 g/mol. The van der Waals surface area contributed by atoms with Gasteiger partial charge in [0.15, 0.2) is 4.77 Å². The fourth-order valence-corrected chi connectivity index (χ4v) is 2.69. The molecule has 0 aliphatic heterocycles. The Morgan fingerprint density at radius 3 is 3.00 bits per heavy atom. The zero-order chi connectivity index (χ0) is 11.5. The van der Waals surface area contributed by atoms with Crippen molar-refractivity contribution in [3.05, 3.63) is 28.5 Å². The van der Waals surface area contributed by atoms with Crippen LogP contribution < -0.4 is 0 Å². The highest BCUT2D eigenvalue weighted by Gasteiger charge is 2.05. The normalized spacial score (nSPS) is 11.1. The minimum absolute atomic E-state index is 0.838. The van der Waals surface area contributed by atoms with E-state index in [9.17, 15) is 0 Å². The lowest BCUT2D eigenvalue weighted by Gasteiger charge is -2.05. The van der Waals surface area contributed by atoms with Gasteiger partial charge in [0.25, 0.3) is 0 Å². The minimum Gasteiger partial charge on any atom is -0.331 e. The van der Waals surface area contributed by atoms with Crippen molar-refractivity contribution < 1.29 is 0 Å². The summed E-state index contributed by atoms with van der Waals surface area (Å²) in [6, 6.07) is 6.29. The number of nitrogens with one attached hydrogen (secondary N) is 1. The lowest BCUT2D eigenvalue weighted by molar-refractivity contribution is 0.693. The summed E-state index contributed by atoms with van der Waals surface area (Å²) < 4.78 is 3.06. The van der Waals surface area contributed by atoms with Crippen molar-refractivity contribution in [3.8, 4) is 0 Å². The summed E-state index contributed by atoms with van der Waals surface area (Å²) in [5.41, 5.74) is 3.69. The standard InChI is InChI=1S/C12H16N2S2/c1-9-5-3-6-10-11(9)14(12(15)13-10)7-4-8-16-2/h3,5-6H,4,7-8H2,1-2H3,(H,13,15). The van der Waals surface area contributed by atoms with Crippen LogP contribution in [0.25, 0.3) is 11.0 Å². The molecule has 0 saturated heterocycles. The molecule has 0 aliphatic rings. The quantitative estimate of drug-likeness (QED) is 0.660. The van der Waals surface area contributed by atoms with Crippen molar-refractivity contribution in [1.82, 2.24) is 9.55 Å². The van der Waals surface area contributed by atoms with Crippen LogP contribution >= 0.6 is 24.0 Å². The molecule has 0 spiro atoms. The first-order valence-electron chi connectivity index (χ1n) is 5.41. The zero-order valence-electron chi connectivity index (χ0n) is 9.62. The molecule has 1 aromatic heterocycles. The van der Waals surface area contributed by atoms with Crippen LogP contribution in [0.1, 0.15) is 12.0 Å². The maximum absolute atomic E-state index is 5.36. The lowest BCUT2D eigenvalue weighted by Crippen LogP contribution is -2.00. The second-order valence-corrected chi connectivity index (χ2v) is 5.27. The third-order valence-electron chi connectivity index (χ3n) is 2.72. The molecule has 16 heavy (non-hydrogen) atoms. The van der Waals surface area contributed by atoms with Gasteiger partial charge in [0.05, 0.1) is 11.0 Å². The van der Waals surface area contributed by atoms with Gasteiger partial charge in [-0.1, -0.05) is 12.1 Å². The van der Waals surface area contributed by atoms with E-state index in [1.165, 1.54) is 16.8 Å². The Bertz CT molecular complexity index is 539. The van der Waals surface area contributed by atoms with E-state index >= 15 is 0 Å². The average molecular weight is 252 g/mol. The van der Waals surface area contributed by atoms with Crippen LogP contribution in [0.3, 0.4) is 0 Å². The van der Waals surface area contributed by atoms with Crippen molar-refractivity contribution in [3.63, 3.8) is 0 Å². The number of fused-ring (bicyclic) bond motifs is 1. The minimum atomic E-state index is 0.838. The zero-order valence-corrected chi connectivity index (χ0v) is 11.3. The molecule has 0 aliphatic carbocycles. The third kappa shape index (κ3) is 2.18. The smallest absolute Gasteiger partial charge is 0.178 e. The molecule has 0 radical (unpaired) electrons. The number of hydrogen-bond donors (Lipinski definition) is 1. The van der Waals surface area contributed by atoms with Gasteiger partial charge in [0, 0.05) is 6.54 Å². The van der Waals surface area contributed by atoms with Gasteiger partial charge in [0.2, 0.25) is 0 Å². The summed E-state index contributed by atoms with van der Waals surface area (Å²) in [6.45, 7) is 3.14. The third-order valence-corrected chi connectivity index (χ3v) is 3.74. The van der Waals surface area contributed by atoms with Crippen LogP contribution in [-0.4, -0.2) is 21.6 Å². The van der Waals surface area contributed by atoms with Gasteiger partial charge in [-0.3, -0.25) is 0 Å². The second kappa shape index (κ2) is 5.06. The summed E-state index contributed by atoms with van der Waals surface area (Å²) in [5, 5.41) is 0. The topological polar surface area (TPSA) is 20.7 Å². The van der Waals surface area contributed by atoms with E-state index in [-0.39, 0.29) is 0 Å². The lowest BCUT2D eigenvalue weighted by atomic mass is 10.2. The van der Waals surface area contributed by atoms with Gasteiger partial charge in [-0.25, -0.2) is 0 Å². The summed E-state index contributed by atoms with van der Waals surface area (Å²) in [6.07, 6.45) is 3.30. The van der Waals surface area contributed by atoms with Crippen LogP contribution in [0, 0.1) is 11.7 Å². The molecular formula is C12H16N2S2. The molecule has 2 aromatic rings. The highest BCUT2D eigenvalue weighted by atomic mass is 32.2. The first-order chi connectivity index (χ1) is 7.74. The van der Waals surface area contributed by atoms with Crippen molar-refractivity contribution in [2.24, 2.45) is 0 Å². The molecule has 0 bridgehead atoms. The number of nitrogens with zero attached hydrogens (tertiary/aromatic N) is 1. The van der Waals surface area contributed by atoms with Crippen molar-refractivity contribution in [2.75, 3.05) is 12.0 Å². The van der Waals surface area contributed by atoms with Crippen LogP contribution in [0.4, 0.5) is 0 Å². The number of aromatic nitrogens is 2. The molecule has 1 N–H and O–H groups in total. The Hall–Kier alpha value is -0.740. The molecule has 0 saturated carbocycles. The Morgan fingerprint density at radius 1 is 1.44 bits per heavy atom. The van der Waals surface area contributed by atoms with E-state index in [1.807, 2.05) is 11.8 Å². The Kier molecular flexibility index (Phi) is 3.71. The van der Waals surface area contributed by atoms with E-state index < -0.39 is 0 Å².